The summed E-state index contributed by atoms with van der Waals surface area (Å²) in [5.74, 6) is 0.446. The summed E-state index contributed by atoms with van der Waals surface area (Å²) in [6.45, 7) is 12.5. The molecule has 118 valence electrons. The van der Waals surface area contributed by atoms with Crippen LogP contribution in [0.1, 0.15) is 38.3 Å². The summed E-state index contributed by atoms with van der Waals surface area (Å²) in [6, 6.07) is 6.07. The Balaban J connectivity index is 1.88. The molecule has 0 amide bonds. The summed E-state index contributed by atoms with van der Waals surface area (Å²) in [5.41, 5.74) is 2.53. The highest BCUT2D eigenvalue weighted by Crippen LogP contribution is 2.28. The van der Waals surface area contributed by atoms with Crippen molar-refractivity contribution in [3.63, 3.8) is 0 Å². The molecule has 0 aliphatic carbocycles. The lowest BCUT2D eigenvalue weighted by Crippen LogP contribution is -2.44. The Morgan fingerprint density at radius 3 is 2.38 bits per heavy atom. The molecule has 3 heteroatoms. The molecular formula is C18H30N2O. The highest BCUT2D eigenvalue weighted by atomic mass is 16.3. The van der Waals surface area contributed by atoms with Crippen molar-refractivity contribution < 1.29 is 5.11 Å². The van der Waals surface area contributed by atoms with Crippen LogP contribution in [0.25, 0.3) is 0 Å². The number of aromatic hydroxyl groups is 1. The van der Waals surface area contributed by atoms with Crippen molar-refractivity contribution in [2.75, 3.05) is 39.8 Å². The maximum absolute atomic E-state index is 10.1. The van der Waals surface area contributed by atoms with E-state index in [1.807, 2.05) is 12.1 Å². The average molecular weight is 290 g/mol. The van der Waals surface area contributed by atoms with E-state index < -0.39 is 0 Å². The van der Waals surface area contributed by atoms with Crippen molar-refractivity contribution in [3.8, 4) is 5.75 Å². The molecule has 3 nitrogen and oxygen atoms in total. The topological polar surface area (TPSA) is 26.7 Å². The van der Waals surface area contributed by atoms with Gasteiger partial charge in [0, 0.05) is 26.2 Å². The summed E-state index contributed by atoms with van der Waals surface area (Å²) in [5, 5.41) is 10.1. The minimum atomic E-state index is 0.139. The fraction of sp³-hybridized carbons (Fsp3) is 0.667. The normalized spacial score (nSPS) is 18.1. The Bertz CT molecular complexity index is 457. The highest BCUT2D eigenvalue weighted by molar-refractivity contribution is 5.38. The fourth-order valence-electron chi connectivity index (χ4n) is 2.82. The maximum Gasteiger partial charge on any atom is 0.118 e. The van der Waals surface area contributed by atoms with Crippen molar-refractivity contribution in [3.05, 3.63) is 29.3 Å². The molecule has 1 saturated heterocycles. The Labute approximate surface area is 129 Å². The van der Waals surface area contributed by atoms with Crippen LogP contribution in [0.5, 0.6) is 5.75 Å². The van der Waals surface area contributed by atoms with Crippen LogP contribution in [0.3, 0.4) is 0 Å². The van der Waals surface area contributed by atoms with E-state index in [0.29, 0.717) is 5.75 Å². The lowest BCUT2D eigenvalue weighted by molar-refractivity contribution is 0.153. The van der Waals surface area contributed by atoms with Gasteiger partial charge in [-0.2, -0.15) is 0 Å². The van der Waals surface area contributed by atoms with Crippen LogP contribution in [0.4, 0.5) is 0 Å². The third-order valence-corrected chi connectivity index (χ3v) is 4.46. The number of piperazine rings is 1. The Morgan fingerprint density at radius 1 is 1.10 bits per heavy atom. The van der Waals surface area contributed by atoms with E-state index in [2.05, 4.69) is 43.7 Å². The van der Waals surface area contributed by atoms with Crippen LogP contribution >= 0.6 is 0 Å². The molecule has 0 aromatic heterocycles. The van der Waals surface area contributed by atoms with Crippen molar-refractivity contribution in [2.24, 2.45) is 0 Å². The van der Waals surface area contributed by atoms with Gasteiger partial charge in [-0.25, -0.2) is 0 Å². The minimum absolute atomic E-state index is 0.139. The van der Waals surface area contributed by atoms with Gasteiger partial charge in [0.05, 0.1) is 0 Å². The zero-order valence-corrected chi connectivity index (χ0v) is 14.0. The third kappa shape index (κ3) is 4.72. The number of phenolic OH excluding ortho intramolecular Hbond substituents is 1. The molecule has 1 heterocycles. The Morgan fingerprint density at radius 2 is 1.76 bits per heavy atom. The van der Waals surface area contributed by atoms with Gasteiger partial charge in [0.1, 0.15) is 5.75 Å². The van der Waals surface area contributed by atoms with Gasteiger partial charge in [0.15, 0.2) is 0 Å². The number of nitrogens with zero attached hydrogens (tertiary/aromatic N) is 2. The number of phenols is 1. The number of rotatable bonds is 4. The van der Waals surface area contributed by atoms with Gasteiger partial charge in [-0.3, -0.25) is 0 Å². The SMILES string of the molecule is CN1CCN(CCCc2cc(C(C)(C)C)ccc2O)CC1. The summed E-state index contributed by atoms with van der Waals surface area (Å²) in [7, 11) is 2.19. The fourth-order valence-corrected chi connectivity index (χ4v) is 2.82. The summed E-state index contributed by atoms with van der Waals surface area (Å²) < 4.78 is 0. The molecule has 0 radical (unpaired) electrons. The number of likely N-dealkylation sites (N-methyl/N-ethyl adjacent to an activating group) is 1. The molecule has 1 aliphatic heterocycles. The molecule has 0 saturated carbocycles. The molecule has 0 unspecified atom stereocenters. The van der Waals surface area contributed by atoms with Crippen molar-refractivity contribution >= 4 is 0 Å². The lowest BCUT2D eigenvalue weighted by atomic mass is 9.85. The van der Waals surface area contributed by atoms with E-state index in [4.69, 9.17) is 0 Å². The second kappa shape index (κ2) is 6.80. The molecule has 0 bridgehead atoms. The zero-order valence-electron chi connectivity index (χ0n) is 14.0. The number of aryl methyl sites for hydroxylation is 1. The van der Waals surface area contributed by atoms with Gasteiger partial charge in [-0.15, -0.1) is 0 Å². The summed E-state index contributed by atoms with van der Waals surface area (Å²) >= 11 is 0. The van der Waals surface area contributed by atoms with E-state index in [9.17, 15) is 5.11 Å². The maximum atomic E-state index is 10.1. The van der Waals surface area contributed by atoms with Crippen molar-refractivity contribution in [1.29, 1.82) is 0 Å². The third-order valence-electron chi connectivity index (χ3n) is 4.46. The van der Waals surface area contributed by atoms with Crippen LogP contribution in [-0.4, -0.2) is 54.7 Å². The molecule has 21 heavy (non-hydrogen) atoms. The monoisotopic (exact) mass is 290 g/mol. The first kappa shape index (κ1) is 16.3. The standard InChI is InChI=1S/C18H30N2O/c1-18(2,3)16-7-8-17(21)15(14-16)6-5-9-20-12-10-19(4)11-13-20/h7-8,14,21H,5-6,9-13H2,1-4H3. The Hall–Kier alpha value is -1.06. The first-order chi connectivity index (χ1) is 9.86. The van der Waals surface area contributed by atoms with Crippen LogP contribution in [0.15, 0.2) is 18.2 Å². The van der Waals surface area contributed by atoms with E-state index in [1.54, 1.807) is 0 Å². The lowest BCUT2D eigenvalue weighted by Gasteiger charge is -2.32. The van der Waals surface area contributed by atoms with Crippen LogP contribution in [0, 0.1) is 0 Å². The van der Waals surface area contributed by atoms with Crippen molar-refractivity contribution in [1.82, 2.24) is 9.80 Å². The number of benzene rings is 1. The van der Waals surface area contributed by atoms with Gasteiger partial charge in [-0.1, -0.05) is 32.9 Å². The van der Waals surface area contributed by atoms with Crippen molar-refractivity contribution in [2.45, 2.75) is 39.0 Å². The molecule has 1 aromatic rings. The second-order valence-corrected chi connectivity index (χ2v) is 7.34. The quantitative estimate of drug-likeness (QED) is 0.923. The molecule has 0 spiro atoms. The zero-order chi connectivity index (χ0) is 15.5. The van der Waals surface area contributed by atoms with Gasteiger partial charge >= 0.3 is 0 Å². The van der Waals surface area contributed by atoms with E-state index >= 15 is 0 Å². The van der Waals surface area contributed by atoms with Gasteiger partial charge in [0.2, 0.25) is 0 Å². The molecular weight excluding hydrogens is 260 g/mol. The van der Waals surface area contributed by atoms with Gasteiger partial charge in [-0.05, 0) is 49.0 Å². The summed E-state index contributed by atoms with van der Waals surface area (Å²) in [6.07, 6.45) is 2.08. The predicted octanol–water partition coefficient (Wildman–Crippen LogP) is 2.87. The molecule has 1 aliphatic rings. The smallest absolute Gasteiger partial charge is 0.118 e. The van der Waals surface area contributed by atoms with Crippen LogP contribution < -0.4 is 0 Å². The molecule has 1 fully saturated rings. The largest absolute Gasteiger partial charge is 0.508 e. The average Bonchev–Trinajstić information content (AvgIpc) is 2.42. The number of hydrogen-bond acceptors (Lipinski definition) is 3. The number of hydrogen-bond donors (Lipinski definition) is 1. The van der Waals surface area contributed by atoms with E-state index in [1.165, 1.54) is 31.7 Å². The predicted molar refractivity (Wildman–Crippen MR) is 89.1 cm³/mol. The van der Waals surface area contributed by atoms with Gasteiger partial charge in [0.25, 0.3) is 0 Å². The molecule has 2 rings (SSSR count). The highest BCUT2D eigenvalue weighted by Gasteiger charge is 2.16. The van der Waals surface area contributed by atoms with E-state index in [0.717, 1.165) is 24.9 Å². The summed E-state index contributed by atoms with van der Waals surface area (Å²) in [4.78, 5) is 4.92. The molecule has 0 atom stereocenters. The van der Waals surface area contributed by atoms with E-state index in [-0.39, 0.29) is 5.41 Å². The van der Waals surface area contributed by atoms with Crippen LogP contribution in [-0.2, 0) is 11.8 Å². The molecule has 1 N–H and O–H groups in total. The second-order valence-electron chi connectivity index (χ2n) is 7.34. The first-order valence-electron chi connectivity index (χ1n) is 8.09. The Kier molecular flexibility index (Phi) is 5.28. The van der Waals surface area contributed by atoms with Crippen LogP contribution in [0.2, 0.25) is 0 Å². The minimum Gasteiger partial charge on any atom is -0.508 e. The first-order valence-corrected chi connectivity index (χ1v) is 8.09. The van der Waals surface area contributed by atoms with Gasteiger partial charge < -0.3 is 14.9 Å². The molecule has 1 aromatic carbocycles.